The van der Waals surface area contributed by atoms with E-state index < -0.39 is 24.3 Å². The summed E-state index contributed by atoms with van der Waals surface area (Å²) in [6, 6.07) is 4.58. The Labute approximate surface area is 138 Å². The van der Waals surface area contributed by atoms with Crippen LogP contribution in [0, 0.1) is 11.3 Å². The molecule has 9 nitrogen and oxygen atoms in total. The van der Waals surface area contributed by atoms with Gasteiger partial charge in [0.15, 0.2) is 0 Å². The van der Waals surface area contributed by atoms with E-state index in [2.05, 4.69) is 32.0 Å². The molecule has 0 aliphatic carbocycles. The zero-order chi connectivity index (χ0) is 17.8. The number of amides is 2. The third kappa shape index (κ3) is 4.19. The average Bonchev–Trinajstić information content (AvgIpc) is 2.42. The average molecular weight is 386 g/mol. The molecular weight excluding hydrogens is 374 g/mol. The first-order chi connectivity index (χ1) is 10.6. The molecule has 1 aromatic carbocycles. The minimum absolute atomic E-state index is 0.102. The number of primary amides is 2. The molecule has 1 atom stereocenters. The second-order valence-corrected chi connectivity index (χ2v) is 4.99. The second kappa shape index (κ2) is 7.10. The predicted molar refractivity (Wildman–Crippen MR) is 80.2 cm³/mol. The fourth-order valence-electron chi connectivity index (χ4n) is 1.84. The lowest BCUT2D eigenvalue weighted by Gasteiger charge is -2.30. The highest BCUT2D eigenvalue weighted by molar-refractivity contribution is 9.10. The van der Waals surface area contributed by atoms with Crippen LogP contribution in [0.2, 0.25) is 0 Å². The zero-order valence-electron chi connectivity index (χ0n) is 11.5. The fraction of sp³-hybridized carbons (Fsp3) is 0.154. The molecule has 122 valence electrons. The van der Waals surface area contributed by atoms with Crippen LogP contribution in [0.1, 0.15) is 22.8 Å². The van der Waals surface area contributed by atoms with E-state index in [0.29, 0.717) is 4.47 Å². The Morgan fingerprint density at radius 1 is 1.39 bits per heavy atom. The van der Waals surface area contributed by atoms with Gasteiger partial charge in [0.1, 0.15) is 0 Å². The van der Waals surface area contributed by atoms with Crippen LogP contribution in [-0.2, 0) is 9.47 Å². The molecule has 0 heterocycles. The number of nitrogens with zero attached hydrogens (tertiary/aromatic N) is 1. The Bertz CT molecular complexity index is 698. The van der Waals surface area contributed by atoms with E-state index in [4.69, 9.17) is 11.5 Å². The monoisotopic (exact) mass is 385 g/mol. The molecule has 0 saturated carbocycles. The molecule has 2 amide bonds. The fourth-order valence-corrected chi connectivity index (χ4v) is 2.35. The van der Waals surface area contributed by atoms with Crippen molar-refractivity contribution in [2.75, 3.05) is 0 Å². The van der Waals surface area contributed by atoms with Gasteiger partial charge in [0.2, 0.25) is 6.10 Å². The molecule has 6 N–H and O–H groups in total. The highest BCUT2D eigenvalue weighted by Gasteiger charge is 2.45. The summed E-state index contributed by atoms with van der Waals surface area (Å²) in [5.41, 5.74) is 9.55. The van der Waals surface area contributed by atoms with Gasteiger partial charge in [-0.25, -0.2) is 9.59 Å². The van der Waals surface area contributed by atoms with Crippen molar-refractivity contribution in [2.24, 2.45) is 11.5 Å². The quantitative estimate of drug-likeness (QED) is 0.543. The first kappa shape index (κ1) is 18.4. The third-order valence-electron chi connectivity index (χ3n) is 2.65. The van der Waals surface area contributed by atoms with Crippen molar-refractivity contribution in [2.45, 2.75) is 12.1 Å². The van der Waals surface area contributed by atoms with Crippen LogP contribution >= 0.6 is 15.9 Å². The van der Waals surface area contributed by atoms with E-state index in [1.54, 1.807) is 6.07 Å². The summed E-state index contributed by atoms with van der Waals surface area (Å²) < 4.78 is 9.18. The Morgan fingerprint density at radius 3 is 2.43 bits per heavy atom. The number of rotatable bonds is 5. The molecule has 10 heteroatoms. The summed E-state index contributed by atoms with van der Waals surface area (Å²) in [7, 11) is 0. The molecule has 0 saturated heterocycles. The number of carbonyl (C=O) groups excluding carboxylic acids is 2. The lowest BCUT2D eigenvalue weighted by Crippen LogP contribution is -2.45. The van der Waals surface area contributed by atoms with Crippen LogP contribution in [0.15, 0.2) is 23.2 Å². The Hall–Kier alpha value is -2.61. The molecule has 23 heavy (non-hydrogen) atoms. The van der Waals surface area contributed by atoms with Crippen LogP contribution < -0.4 is 11.5 Å². The Balaban J connectivity index is 3.65. The molecule has 0 fully saturated rings. The Kier molecular flexibility index (Phi) is 5.69. The molecule has 1 rings (SSSR count). The number of aliphatic hydroxyl groups is 2. The van der Waals surface area contributed by atoms with Gasteiger partial charge in [0.25, 0.3) is 0 Å². The first-order valence-corrected chi connectivity index (χ1v) is 6.67. The summed E-state index contributed by atoms with van der Waals surface area (Å²) in [4.78, 5) is 21.9. The molecule has 0 spiro atoms. The van der Waals surface area contributed by atoms with E-state index in [0.717, 1.165) is 0 Å². The van der Waals surface area contributed by atoms with Gasteiger partial charge < -0.3 is 31.2 Å². The van der Waals surface area contributed by atoms with E-state index in [-0.39, 0.29) is 16.7 Å². The highest BCUT2D eigenvalue weighted by atomic mass is 79.9. The number of benzene rings is 1. The van der Waals surface area contributed by atoms with Gasteiger partial charge in [-0.2, -0.15) is 5.26 Å². The van der Waals surface area contributed by atoms with E-state index in [9.17, 15) is 25.1 Å². The van der Waals surface area contributed by atoms with Crippen molar-refractivity contribution in [3.63, 3.8) is 0 Å². The Morgan fingerprint density at radius 2 is 2.00 bits per heavy atom. The number of carbonyl (C=O) groups is 2. The van der Waals surface area contributed by atoms with E-state index in [1.807, 2.05) is 0 Å². The minimum Gasteiger partial charge on any atom is -0.431 e. The minimum atomic E-state index is -3.37. The lowest BCUT2D eigenvalue weighted by atomic mass is 9.95. The topological polar surface area (TPSA) is 169 Å². The molecule has 0 radical (unpaired) electrons. The van der Waals surface area contributed by atoms with Crippen molar-refractivity contribution < 1.29 is 29.3 Å². The van der Waals surface area contributed by atoms with Crippen LogP contribution in [0.3, 0.4) is 0 Å². The standard InChI is InChI=1S/C13H12BrN3O6/c1-2-7-8(14)4-3-6(5-15)9(7)10(22-11(16)18)13(20,21)23-12(17)19/h2-4,10,20-21H,1H2,(H2,16,18)(H2,17,19). The van der Waals surface area contributed by atoms with Crippen LogP contribution in [0.5, 0.6) is 0 Å². The second-order valence-electron chi connectivity index (χ2n) is 4.13. The molecular formula is C13H12BrN3O6. The summed E-state index contributed by atoms with van der Waals surface area (Å²) in [5, 5.41) is 29.0. The lowest BCUT2D eigenvalue weighted by molar-refractivity contribution is -0.350. The van der Waals surface area contributed by atoms with Gasteiger partial charge in [-0.3, -0.25) is 0 Å². The van der Waals surface area contributed by atoms with Crippen molar-refractivity contribution in [3.05, 3.63) is 39.9 Å². The summed E-state index contributed by atoms with van der Waals surface area (Å²) in [6.07, 6.45) is -3.75. The van der Waals surface area contributed by atoms with Gasteiger partial charge in [-0.05, 0) is 17.7 Å². The van der Waals surface area contributed by atoms with Crippen molar-refractivity contribution in [3.8, 4) is 6.07 Å². The number of halogens is 1. The van der Waals surface area contributed by atoms with E-state index in [1.165, 1.54) is 18.2 Å². The first-order valence-electron chi connectivity index (χ1n) is 5.88. The molecule has 0 bridgehead atoms. The van der Waals surface area contributed by atoms with Crippen LogP contribution in [-0.4, -0.2) is 28.4 Å². The maximum absolute atomic E-state index is 11.1. The molecule has 0 aliphatic heterocycles. The van der Waals surface area contributed by atoms with Gasteiger partial charge in [0.05, 0.1) is 11.6 Å². The maximum atomic E-state index is 11.1. The third-order valence-corrected chi connectivity index (χ3v) is 3.34. The molecule has 1 aromatic rings. The summed E-state index contributed by atoms with van der Waals surface area (Å²) in [5.74, 6) is -3.37. The zero-order valence-corrected chi connectivity index (χ0v) is 13.1. The number of hydrogen-bond donors (Lipinski definition) is 4. The molecule has 0 aromatic heterocycles. The van der Waals surface area contributed by atoms with Gasteiger partial charge in [-0.15, -0.1) is 0 Å². The maximum Gasteiger partial charge on any atom is 0.408 e. The smallest absolute Gasteiger partial charge is 0.408 e. The van der Waals surface area contributed by atoms with Gasteiger partial charge in [0, 0.05) is 10.0 Å². The number of nitrogens with two attached hydrogens (primary N) is 2. The van der Waals surface area contributed by atoms with Crippen LogP contribution in [0.4, 0.5) is 9.59 Å². The summed E-state index contributed by atoms with van der Waals surface area (Å²) in [6.45, 7) is 3.53. The molecule has 0 aliphatic rings. The largest absolute Gasteiger partial charge is 0.431 e. The number of nitriles is 1. The van der Waals surface area contributed by atoms with Crippen molar-refractivity contribution in [1.82, 2.24) is 0 Å². The van der Waals surface area contributed by atoms with Gasteiger partial charge >= 0.3 is 18.2 Å². The normalized spacial score (nSPS) is 11.9. The van der Waals surface area contributed by atoms with E-state index >= 15 is 0 Å². The van der Waals surface area contributed by atoms with Gasteiger partial charge in [-0.1, -0.05) is 28.6 Å². The predicted octanol–water partition coefficient (Wildman–Crippen LogP) is 0.834. The van der Waals surface area contributed by atoms with Crippen LogP contribution in [0.25, 0.3) is 6.08 Å². The molecule has 1 unspecified atom stereocenters. The number of ether oxygens (including phenoxy) is 2. The summed E-state index contributed by atoms with van der Waals surface area (Å²) >= 11 is 3.17. The SMILES string of the molecule is C=Cc1c(Br)ccc(C#N)c1C(OC(N)=O)C(O)(O)OC(N)=O. The highest BCUT2D eigenvalue weighted by Crippen LogP contribution is 2.37. The van der Waals surface area contributed by atoms with Crippen molar-refractivity contribution >= 4 is 34.2 Å². The van der Waals surface area contributed by atoms with Crippen molar-refractivity contribution in [1.29, 1.82) is 5.26 Å². The number of hydrogen-bond acceptors (Lipinski definition) is 7.